The van der Waals surface area contributed by atoms with Crippen LogP contribution in [0.5, 0.6) is 5.75 Å². The molecule has 23 heavy (non-hydrogen) atoms. The van der Waals surface area contributed by atoms with Crippen LogP contribution in [0.1, 0.15) is 11.1 Å². The first kappa shape index (κ1) is 15.5. The summed E-state index contributed by atoms with van der Waals surface area (Å²) in [5.74, 6) is 0.789. The van der Waals surface area contributed by atoms with E-state index in [1.54, 1.807) is 6.21 Å². The Labute approximate surface area is 143 Å². The van der Waals surface area contributed by atoms with Gasteiger partial charge in [0.2, 0.25) is 4.77 Å². The number of ether oxygens (including phenoxy) is 1. The molecule has 7 heteroatoms. The number of H-pyrrole nitrogens is 1. The molecule has 0 atom stereocenters. The van der Waals surface area contributed by atoms with Crippen molar-refractivity contribution in [2.24, 2.45) is 5.10 Å². The van der Waals surface area contributed by atoms with Crippen molar-refractivity contribution >= 4 is 30.0 Å². The average Bonchev–Trinajstić information content (AvgIpc) is 2.98. The maximum Gasteiger partial charge on any atom is 0.216 e. The fourth-order valence-corrected chi connectivity index (χ4v) is 2.12. The number of nitrogens with zero attached hydrogens (tertiary/aromatic N) is 3. The van der Waals surface area contributed by atoms with Crippen LogP contribution in [0.15, 0.2) is 60.0 Å². The summed E-state index contributed by atoms with van der Waals surface area (Å²) in [5.41, 5.74) is 2.00. The molecule has 0 saturated heterocycles. The summed E-state index contributed by atoms with van der Waals surface area (Å²) in [4.78, 5) is 0. The summed E-state index contributed by atoms with van der Waals surface area (Å²) in [6.45, 7) is 0.495. The Kier molecular flexibility index (Phi) is 4.85. The molecule has 116 valence electrons. The predicted molar refractivity (Wildman–Crippen MR) is 92.6 cm³/mol. The molecule has 0 radical (unpaired) electrons. The van der Waals surface area contributed by atoms with Crippen LogP contribution < -0.4 is 4.74 Å². The van der Waals surface area contributed by atoms with Gasteiger partial charge in [0.05, 0.1) is 6.21 Å². The fraction of sp³-hybridized carbons (Fsp3) is 0.0625. The van der Waals surface area contributed by atoms with Gasteiger partial charge in [0.15, 0.2) is 0 Å². The van der Waals surface area contributed by atoms with Crippen molar-refractivity contribution in [3.63, 3.8) is 0 Å². The predicted octanol–water partition coefficient (Wildman–Crippen LogP) is 4.06. The Bertz CT molecular complexity index is 853. The lowest BCUT2D eigenvalue weighted by Crippen LogP contribution is -1.95. The molecule has 0 aliphatic heterocycles. The topological polar surface area (TPSA) is 55.2 Å². The number of halogens is 1. The molecule has 5 nitrogen and oxygen atoms in total. The third-order valence-corrected chi connectivity index (χ3v) is 3.60. The van der Waals surface area contributed by atoms with Gasteiger partial charge < -0.3 is 4.74 Å². The smallest absolute Gasteiger partial charge is 0.216 e. The lowest BCUT2D eigenvalue weighted by molar-refractivity contribution is 0.306. The van der Waals surface area contributed by atoms with Crippen molar-refractivity contribution < 1.29 is 4.74 Å². The molecule has 1 heterocycles. The van der Waals surface area contributed by atoms with Crippen molar-refractivity contribution in [2.45, 2.75) is 6.61 Å². The van der Waals surface area contributed by atoms with Crippen LogP contribution in [0.4, 0.5) is 0 Å². The second kappa shape index (κ2) is 7.21. The molecule has 0 unspecified atom stereocenters. The van der Waals surface area contributed by atoms with E-state index in [2.05, 4.69) is 15.3 Å². The third kappa shape index (κ3) is 4.28. The van der Waals surface area contributed by atoms with Gasteiger partial charge in [0, 0.05) is 5.02 Å². The van der Waals surface area contributed by atoms with Crippen LogP contribution in [-0.4, -0.2) is 21.1 Å². The monoisotopic (exact) mass is 344 g/mol. The maximum atomic E-state index is 5.86. The van der Waals surface area contributed by atoms with Crippen LogP contribution in [0.2, 0.25) is 5.02 Å². The Balaban J connectivity index is 1.60. The standard InChI is InChI=1S/C16H13ClN4OS/c17-14-5-1-13(2-6-14)10-22-15-7-3-12(4-8-15)9-19-21-11-18-20-16(21)23/h1-9,11H,10H2,(H,20,23). The summed E-state index contributed by atoms with van der Waals surface area (Å²) in [6, 6.07) is 15.2. The van der Waals surface area contributed by atoms with Crippen molar-refractivity contribution in [3.8, 4) is 5.75 Å². The Morgan fingerprint density at radius 3 is 2.57 bits per heavy atom. The van der Waals surface area contributed by atoms with E-state index in [4.69, 9.17) is 28.6 Å². The van der Waals surface area contributed by atoms with Gasteiger partial charge in [-0.2, -0.15) is 14.9 Å². The number of rotatable bonds is 5. The fourth-order valence-electron chi connectivity index (χ4n) is 1.85. The highest BCUT2D eigenvalue weighted by atomic mass is 35.5. The highest BCUT2D eigenvalue weighted by Gasteiger charge is 1.97. The first-order valence-corrected chi connectivity index (χ1v) is 7.63. The third-order valence-electron chi connectivity index (χ3n) is 3.07. The van der Waals surface area contributed by atoms with Crippen LogP contribution in [-0.2, 0) is 6.61 Å². The average molecular weight is 345 g/mol. The largest absolute Gasteiger partial charge is 0.489 e. The zero-order valence-corrected chi connectivity index (χ0v) is 13.6. The molecule has 0 aliphatic rings. The molecule has 0 aliphatic carbocycles. The summed E-state index contributed by atoms with van der Waals surface area (Å²) in [6.07, 6.45) is 3.22. The normalized spacial score (nSPS) is 11.0. The minimum atomic E-state index is 0.448. The van der Waals surface area contributed by atoms with Crippen molar-refractivity contribution in [1.29, 1.82) is 0 Å². The van der Waals surface area contributed by atoms with E-state index < -0.39 is 0 Å². The van der Waals surface area contributed by atoms with Crippen molar-refractivity contribution in [2.75, 3.05) is 0 Å². The maximum absolute atomic E-state index is 5.86. The number of benzene rings is 2. The molecular weight excluding hydrogens is 332 g/mol. The highest BCUT2D eigenvalue weighted by molar-refractivity contribution is 7.71. The van der Waals surface area contributed by atoms with E-state index >= 15 is 0 Å². The van der Waals surface area contributed by atoms with E-state index in [1.807, 2.05) is 48.5 Å². The minimum absolute atomic E-state index is 0.448. The number of nitrogens with one attached hydrogen (secondary N) is 1. The number of hydrogen-bond donors (Lipinski definition) is 1. The van der Waals surface area contributed by atoms with Gasteiger partial charge in [-0.1, -0.05) is 23.7 Å². The Morgan fingerprint density at radius 2 is 1.91 bits per heavy atom. The lowest BCUT2D eigenvalue weighted by Gasteiger charge is -2.06. The van der Waals surface area contributed by atoms with Crippen LogP contribution in [0.25, 0.3) is 0 Å². The minimum Gasteiger partial charge on any atom is -0.489 e. The van der Waals surface area contributed by atoms with Crippen molar-refractivity contribution in [1.82, 2.24) is 14.9 Å². The van der Waals surface area contributed by atoms with Gasteiger partial charge in [-0.3, -0.25) is 5.10 Å². The Morgan fingerprint density at radius 1 is 1.17 bits per heavy atom. The molecule has 1 N–H and O–H groups in total. The first-order valence-electron chi connectivity index (χ1n) is 6.84. The van der Waals surface area contributed by atoms with Gasteiger partial charge in [-0.25, -0.2) is 0 Å². The lowest BCUT2D eigenvalue weighted by atomic mass is 10.2. The quantitative estimate of drug-likeness (QED) is 0.561. The zero-order valence-electron chi connectivity index (χ0n) is 12.0. The van der Waals surface area contributed by atoms with Gasteiger partial charge in [-0.15, -0.1) is 0 Å². The van der Waals surface area contributed by atoms with Gasteiger partial charge in [-0.05, 0) is 59.7 Å². The van der Waals surface area contributed by atoms with E-state index in [0.29, 0.717) is 11.4 Å². The molecule has 3 rings (SSSR count). The molecule has 0 amide bonds. The molecule has 2 aromatic carbocycles. The van der Waals surface area contributed by atoms with Crippen molar-refractivity contribution in [3.05, 3.63) is 75.8 Å². The first-order chi connectivity index (χ1) is 11.2. The molecule has 0 fully saturated rings. The second-order valence-corrected chi connectivity index (χ2v) is 5.56. The zero-order chi connectivity index (χ0) is 16.1. The van der Waals surface area contributed by atoms with Gasteiger partial charge in [0.1, 0.15) is 18.7 Å². The molecule has 3 aromatic rings. The molecule has 0 spiro atoms. The summed E-state index contributed by atoms with van der Waals surface area (Å²) in [7, 11) is 0. The second-order valence-electron chi connectivity index (χ2n) is 4.73. The van der Waals surface area contributed by atoms with E-state index in [0.717, 1.165) is 21.9 Å². The number of aromatic nitrogens is 3. The van der Waals surface area contributed by atoms with Crippen LogP contribution in [0, 0.1) is 4.77 Å². The number of aromatic amines is 1. The summed E-state index contributed by atoms with van der Waals surface area (Å²) in [5, 5.41) is 11.4. The Hall–Kier alpha value is -2.44. The molecule has 0 saturated carbocycles. The molecule has 1 aromatic heterocycles. The van der Waals surface area contributed by atoms with Crippen LogP contribution >= 0.6 is 23.8 Å². The van der Waals surface area contributed by atoms with Gasteiger partial charge >= 0.3 is 0 Å². The number of hydrogen-bond acceptors (Lipinski definition) is 4. The van der Waals surface area contributed by atoms with E-state index in [1.165, 1.54) is 11.0 Å². The van der Waals surface area contributed by atoms with E-state index in [-0.39, 0.29) is 0 Å². The van der Waals surface area contributed by atoms with Crippen LogP contribution in [0.3, 0.4) is 0 Å². The van der Waals surface area contributed by atoms with Gasteiger partial charge in [0.25, 0.3) is 0 Å². The SMILES string of the molecule is S=c1[nH]ncn1N=Cc1ccc(OCc2ccc(Cl)cc2)cc1. The molecule has 0 bridgehead atoms. The summed E-state index contributed by atoms with van der Waals surface area (Å²) >= 11 is 10.9. The van der Waals surface area contributed by atoms with E-state index in [9.17, 15) is 0 Å². The molecular formula is C16H13ClN4OS. The highest BCUT2D eigenvalue weighted by Crippen LogP contribution is 2.15. The summed E-state index contributed by atoms with van der Waals surface area (Å²) < 4.78 is 7.67.